The van der Waals surface area contributed by atoms with E-state index in [1.54, 1.807) is 0 Å². The van der Waals surface area contributed by atoms with E-state index in [1.807, 2.05) is 12.2 Å². The van der Waals surface area contributed by atoms with Gasteiger partial charge in [0.2, 0.25) is 0 Å². The molecule has 0 saturated carbocycles. The molecule has 0 aromatic carbocycles. The summed E-state index contributed by atoms with van der Waals surface area (Å²) in [6.45, 7) is 1.06. The lowest BCUT2D eigenvalue weighted by Gasteiger charge is -2.45. The molecule has 252 valence electrons. The number of hydrogen-bond acceptors (Lipinski definition) is 12. The van der Waals surface area contributed by atoms with Crippen LogP contribution in [-0.4, -0.2) is 116 Å². The molecule has 0 aromatic rings. The Bertz CT molecular complexity index is 904. The van der Waals surface area contributed by atoms with Crippen LogP contribution in [0, 0.1) is 0 Å². The van der Waals surface area contributed by atoms with E-state index in [9.17, 15) is 40.5 Å². The van der Waals surface area contributed by atoms with Crippen LogP contribution in [0.4, 0.5) is 0 Å². The van der Waals surface area contributed by atoms with Crippen LogP contribution in [0.3, 0.4) is 0 Å². The molecule has 7 N–H and O–H groups in total. The lowest BCUT2D eigenvalue weighted by atomic mass is 9.97. The van der Waals surface area contributed by atoms with Gasteiger partial charge in [0.25, 0.3) is 0 Å². The van der Waals surface area contributed by atoms with Crippen molar-refractivity contribution in [1.82, 2.24) is 0 Å². The molecule has 2 heterocycles. The number of aliphatic hydroxyl groups is 7. The van der Waals surface area contributed by atoms with Crippen LogP contribution in [-0.2, 0) is 23.7 Å². The lowest BCUT2D eigenvalue weighted by Crippen LogP contribution is -2.64. The van der Waals surface area contributed by atoms with Gasteiger partial charge in [0.05, 0.1) is 6.61 Å². The van der Waals surface area contributed by atoms with Gasteiger partial charge in [-0.3, -0.25) is 4.79 Å². The third-order valence-electron chi connectivity index (χ3n) is 7.42. The number of esters is 1. The molecule has 0 spiro atoms. The zero-order valence-electron chi connectivity index (χ0n) is 25.5. The summed E-state index contributed by atoms with van der Waals surface area (Å²) in [6, 6.07) is 0. The molecule has 0 bridgehead atoms. The summed E-state index contributed by atoms with van der Waals surface area (Å²) in [5.74, 6) is -0.550. The van der Waals surface area contributed by atoms with Crippen LogP contribution in [0.2, 0.25) is 0 Å². The van der Waals surface area contributed by atoms with E-state index in [4.69, 9.17) is 18.9 Å². The van der Waals surface area contributed by atoms with Gasteiger partial charge in [0.1, 0.15) is 55.4 Å². The number of hydrogen-bond donors (Lipinski definition) is 7. The van der Waals surface area contributed by atoms with Crippen LogP contribution < -0.4 is 0 Å². The SMILES string of the molecule is CCCCC/C=C\C/C=C\C/C=C\C/C=C\CCCC(=O)OC[C@H]1OC(O)[C@H](O)[C@@H](O)[C@@H]1O[C@@H]1O[C@H](CO)[C@H](O)[C@H](O)[C@H]1O. The minimum absolute atomic E-state index is 0.108. The number of carbonyl (C=O) groups excluding carboxylic acids is 1. The van der Waals surface area contributed by atoms with Gasteiger partial charge in [0, 0.05) is 6.42 Å². The molecule has 2 fully saturated rings. The van der Waals surface area contributed by atoms with Crippen LogP contribution in [0.15, 0.2) is 48.6 Å². The Labute approximate surface area is 259 Å². The van der Waals surface area contributed by atoms with Crippen LogP contribution in [0.25, 0.3) is 0 Å². The second-order valence-corrected chi connectivity index (χ2v) is 11.0. The summed E-state index contributed by atoms with van der Waals surface area (Å²) in [6.07, 6.45) is 9.74. The molecular weight excluding hydrogens is 576 g/mol. The highest BCUT2D eigenvalue weighted by molar-refractivity contribution is 5.69. The van der Waals surface area contributed by atoms with E-state index in [0.717, 1.165) is 25.7 Å². The van der Waals surface area contributed by atoms with E-state index >= 15 is 0 Å². The molecule has 0 radical (unpaired) electrons. The first-order valence-electron chi connectivity index (χ1n) is 15.6. The molecule has 12 nitrogen and oxygen atoms in total. The third kappa shape index (κ3) is 13.2. The largest absolute Gasteiger partial charge is 0.463 e. The molecule has 0 amide bonds. The summed E-state index contributed by atoms with van der Waals surface area (Å²) in [5.41, 5.74) is 0. The van der Waals surface area contributed by atoms with Crippen molar-refractivity contribution in [2.75, 3.05) is 13.2 Å². The Morgan fingerprint density at radius 3 is 1.86 bits per heavy atom. The number of carbonyl (C=O) groups is 1. The standard InChI is InChI=1S/C32H52O12/c1-2-3-4-5-6-7-8-9-10-11-12-13-14-15-16-17-18-19-24(34)41-21-23-30(27(37)28(38)31(40)42-23)44-32-29(39)26(36)25(35)22(20-33)43-32/h6-7,9-10,12-13,15-16,22-23,25-33,35-40H,2-5,8,11,14,17-21H2,1H3/b7-6-,10-9-,13-12-,16-15-/t22-,23-,25+,26+,27-,28-,29-,30-,31?,32+/m1/s1. The van der Waals surface area contributed by atoms with E-state index in [2.05, 4.69) is 43.4 Å². The fourth-order valence-electron chi connectivity index (χ4n) is 4.73. The number of rotatable bonds is 19. The highest BCUT2D eigenvalue weighted by Crippen LogP contribution is 2.29. The Morgan fingerprint density at radius 2 is 1.27 bits per heavy atom. The maximum atomic E-state index is 12.3. The van der Waals surface area contributed by atoms with E-state index < -0.39 is 80.6 Å². The topological polar surface area (TPSA) is 196 Å². The molecule has 44 heavy (non-hydrogen) atoms. The van der Waals surface area contributed by atoms with Crippen LogP contribution >= 0.6 is 0 Å². The fraction of sp³-hybridized carbons (Fsp3) is 0.719. The van der Waals surface area contributed by atoms with Crippen molar-refractivity contribution >= 4 is 5.97 Å². The molecule has 2 saturated heterocycles. The second kappa shape index (κ2) is 21.7. The molecule has 2 aliphatic rings. The molecule has 0 aliphatic carbocycles. The molecule has 2 rings (SSSR count). The fourth-order valence-corrected chi connectivity index (χ4v) is 4.73. The van der Waals surface area contributed by atoms with E-state index in [-0.39, 0.29) is 6.42 Å². The average Bonchev–Trinajstić information content (AvgIpc) is 3.01. The van der Waals surface area contributed by atoms with Gasteiger partial charge in [-0.1, -0.05) is 68.4 Å². The first-order chi connectivity index (χ1) is 21.2. The van der Waals surface area contributed by atoms with Crippen molar-refractivity contribution in [2.24, 2.45) is 0 Å². The first-order valence-corrected chi connectivity index (χ1v) is 15.6. The first kappa shape index (κ1) is 38.2. The summed E-state index contributed by atoms with van der Waals surface area (Å²) in [5, 5.41) is 70.1. The predicted octanol–water partition coefficient (Wildman–Crippen LogP) is 1.30. The molecule has 2 aliphatic heterocycles. The summed E-state index contributed by atoms with van der Waals surface area (Å²) < 4.78 is 21.4. The molecular formula is C32H52O12. The normalized spacial score (nSPS) is 33.3. The van der Waals surface area contributed by atoms with Gasteiger partial charge in [-0.05, 0) is 44.9 Å². The van der Waals surface area contributed by atoms with E-state index in [0.29, 0.717) is 12.8 Å². The Hall–Kier alpha value is -1.97. The molecule has 12 heteroatoms. The quantitative estimate of drug-likeness (QED) is 0.0616. The molecule has 10 atom stereocenters. The Balaban J connectivity index is 1.69. The van der Waals surface area contributed by atoms with Crippen molar-refractivity contribution in [2.45, 2.75) is 133 Å². The van der Waals surface area contributed by atoms with Gasteiger partial charge in [-0.15, -0.1) is 0 Å². The maximum absolute atomic E-state index is 12.3. The van der Waals surface area contributed by atoms with Crippen LogP contribution in [0.1, 0.15) is 71.1 Å². The van der Waals surface area contributed by atoms with Gasteiger partial charge in [0.15, 0.2) is 12.6 Å². The van der Waals surface area contributed by atoms with Gasteiger partial charge >= 0.3 is 5.97 Å². The second-order valence-electron chi connectivity index (χ2n) is 11.0. The van der Waals surface area contributed by atoms with Crippen molar-refractivity contribution < 1.29 is 59.5 Å². The summed E-state index contributed by atoms with van der Waals surface area (Å²) in [7, 11) is 0. The predicted molar refractivity (Wildman–Crippen MR) is 161 cm³/mol. The number of unbranched alkanes of at least 4 members (excludes halogenated alkanes) is 4. The van der Waals surface area contributed by atoms with Crippen molar-refractivity contribution in [1.29, 1.82) is 0 Å². The number of allylic oxidation sites excluding steroid dienone is 8. The Kier molecular flexibility index (Phi) is 18.9. The monoisotopic (exact) mass is 628 g/mol. The van der Waals surface area contributed by atoms with Gasteiger partial charge in [-0.2, -0.15) is 0 Å². The van der Waals surface area contributed by atoms with Crippen LogP contribution in [0.5, 0.6) is 0 Å². The van der Waals surface area contributed by atoms with E-state index in [1.165, 1.54) is 19.3 Å². The third-order valence-corrected chi connectivity index (χ3v) is 7.42. The van der Waals surface area contributed by atoms with Gasteiger partial charge in [-0.25, -0.2) is 0 Å². The average molecular weight is 629 g/mol. The number of ether oxygens (including phenoxy) is 4. The summed E-state index contributed by atoms with van der Waals surface area (Å²) in [4.78, 5) is 12.3. The van der Waals surface area contributed by atoms with Crippen molar-refractivity contribution in [3.8, 4) is 0 Å². The highest BCUT2D eigenvalue weighted by atomic mass is 16.7. The van der Waals surface area contributed by atoms with Crippen molar-refractivity contribution in [3.05, 3.63) is 48.6 Å². The molecule has 0 aromatic heterocycles. The minimum Gasteiger partial charge on any atom is -0.463 e. The smallest absolute Gasteiger partial charge is 0.305 e. The Morgan fingerprint density at radius 1 is 0.682 bits per heavy atom. The number of aliphatic hydroxyl groups excluding tert-OH is 7. The van der Waals surface area contributed by atoms with Gasteiger partial charge < -0.3 is 54.7 Å². The maximum Gasteiger partial charge on any atom is 0.305 e. The minimum atomic E-state index is -1.80. The zero-order valence-corrected chi connectivity index (χ0v) is 25.5. The highest BCUT2D eigenvalue weighted by Gasteiger charge is 2.50. The lowest BCUT2D eigenvalue weighted by molar-refractivity contribution is -0.355. The van der Waals surface area contributed by atoms with Crippen molar-refractivity contribution in [3.63, 3.8) is 0 Å². The molecule has 1 unspecified atom stereocenters. The summed E-state index contributed by atoms with van der Waals surface area (Å²) >= 11 is 0. The zero-order chi connectivity index (χ0) is 32.3.